The van der Waals surface area contributed by atoms with Gasteiger partial charge in [-0.1, -0.05) is 23.7 Å². The summed E-state index contributed by atoms with van der Waals surface area (Å²) in [6.45, 7) is -0.186. The van der Waals surface area contributed by atoms with E-state index in [9.17, 15) is 22.0 Å². The number of rotatable bonds is 6. The van der Waals surface area contributed by atoms with Crippen LogP contribution in [-0.4, -0.2) is 24.7 Å². The number of hydrogen-bond donors (Lipinski definition) is 2. The maximum Gasteiger partial charge on any atom is 0.200 e. The molecule has 0 unspecified atom stereocenters. The summed E-state index contributed by atoms with van der Waals surface area (Å²) in [6.07, 6.45) is 4.57. The molecule has 0 aliphatic heterocycles. The molecule has 2 N–H and O–H groups in total. The smallest absolute Gasteiger partial charge is 0.200 e. The fourth-order valence-corrected chi connectivity index (χ4v) is 3.52. The van der Waals surface area contributed by atoms with Crippen molar-refractivity contribution in [1.82, 2.24) is 19.6 Å². The van der Waals surface area contributed by atoms with Gasteiger partial charge in [-0.05, 0) is 29.9 Å². The van der Waals surface area contributed by atoms with E-state index in [1.54, 1.807) is 23.1 Å². The normalized spacial score (nSPS) is 11.0. The van der Waals surface area contributed by atoms with Crippen molar-refractivity contribution in [3.05, 3.63) is 94.2 Å². The van der Waals surface area contributed by atoms with Crippen LogP contribution in [-0.2, 0) is 13.1 Å². The van der Waals surface area contributed by atoms with E-state index in [2.05, 4.69) is 20.8 Å². The van der Waals surface area contributed by atoms with E-state index in [1.807, 2.05) is 18.2 Å². The van der Waals surface area contributed by atoms with Crippen molar-refractivity contribution in [2.45, 2.75) is 13.1 Å². The first kappa shape index (κ1) is 23.6. The molecule has 34 heavy (non-hydrogen) atoms. The molecule has 2 heterocycles. The first-order valence-corrected chi connectivity index (χ1v) is 10.4. The molecule has 0 spiro atoms. The molecule has 0 fully saturated rings. The third-order valence-corrected chi connectivity index (χ3v) is 5.07. The Hall–Kier alpha value is -3.51. The molecule has 6 nitrogen and oxygen atoms in total. The number of thiocarbonyl (C=S) groups is 1. The van der Waals surface area contributed by atoms with E-state index >= 15 is 0 Å². The van der Waals surface area contributed by atoms with Crippen LogP contribution >= 0.6 is 23.8 Å². The second kappa shape index (κ2) is 9.77. The Balaban J connectivity index is 1.38. The van der Waals surface area contributed by atoms with E-state index in [0.717, 1.165) is 10.2 Å². The van der Waals surface area contributed by atoms with Crippen molar-refractivity contribution in [2.24, 2.45) is 0 Å². The number of nitrogens with zero attached hydrogens (tertiary/aromatic N) is 4. The minimum Gasteiger partial charge on any atom is -0.330 e. The maximum absolute atomic E-state index is 13.9. The number of benzene rings is 2. The standard InChI is InChI=1S/C21H14ClF5N6S/c22-12-3-1-2-11(6-12)8-33-9-13(7-28-33)29-21(34)30-15-4-5-32(31-15)10-14-16(23)18(25)20(27)19(26)17(14)24/h1-7,9H,8,10H2,(H2,29,30,31,34). The van der Waals surface area contributed by atoms with Gasteiger partial charge in [0.05, 0.1) is 30.5 Å². The van der Waals surface area contributed by atoms with Crippen LogP contribution in [0.2, 0.25) is 5.02 Å². The Bertz CT molecular complexity index is 1340. The highest BCUT2D eigenvalue weighted by molar-refractivity contribution is 7.80. The Morgan fingerprint density at radius 2 is 1.62 bits per heavy atom. The summed E-state index contributed by atoms with van der Waals surface area (Å²) in [5.74, 6) is -9.87. The molecule has 4 rings (SSSR count). The third kappa shape index (κ3) is 5.18. The summed E-state index contributed by atoms with van der Waals surface area (Å²) in [7, 11) is 0. The molecule has 4 aromatic rings. The molecule has 176 valence electrons. The summed E-state index contributed by atoms with van der Waals surface area (Å²) in [5, 5.41) is 14.7. The summed E-state index contributed by atoms with van der Waals surface area (Å²) < 4.78 is 70.4. The second-order valence-corrected chi connectivity index (χ2v) is 7.93. The van der Waals surface area contributed by atoms with Gasteiger partial charge in [0, 0.05) is 23.5 Å². The molecule has 0 aliphatic rings. The number of hydrogen-bond acceptors (Lipinski definition) is 3. The molecule has 0 aliphatic carbocycles. The third-order valence-electron chi connectivity index (χ3n) is 4.63. The van der Waals surface area contributed by atoms with Gasteiger partial charge < -0.3 is 10.6 Å². The lowest BCUT2D eigenvalue weighted by atomic mass is 10.1. The predicted octanol–water partition coefficient (Wildman–Crippen LogP) is 5.33. The minimum absolute atomic E-state index is 0.142. The topological polar surface area (TPSA) is 59.7 Å². The van der Waals surface area contributed by atoms with Gasteiger partial charge >= 0.3 is 0 Å². The highest BCUT2D eigenvalue weighted by Crippen LogP contribution is 2.24. The van der Waals surface area contributed by atoms with Crippen LogP contribution in [0.15, 0.2) is 48.9 Å². The van der Waals surface area contributed by atoms with Gasteiger partial charge in [0.15, 0.2) is 34.2 Å². The average molecular weight is 513 g/mol. The fourth-order valence-electron chi connectivity index (χ4n) is 3.08. The van der Waals surface area contributed by atoms with E-state index in [4.69, 9.17) is 23.8 Å². The Morgan fingerprint density at radius 3 is 2.32 bits per heavy atom. The highest BCUT2D eigenvalue weighted by atomic mass is 35.5. The SMILES string of the molecule is Fc1c(F)c(F)c(Cn2ccc(NC(=S)Nc3cnn(Cc4cccc(Cl)c4)c3)n2)c(F)c1F. The molecule has 0 saturated heterocycles. The summed E-state index contributed by atoms with van der Waals surface area (Å²) >= 11 is 11.2. The van der Waals surface area contributed by atoms with Crippen LogP contribution in [0.1, 0.15) is 11.1 Å². The minimum atomic E-state index is -2.21. The predicted molar refractivity (Wildman–Crippen MR) is 120 cm³/mol. The molecule has 2 aromatic carbocycles. The molecule has 0 saturated carbocycles. The highest BCUT2D eigenvalue weighted by Gasteiger charge is 2.25. The van der Waals surface area contributed by atoms with E-state index in [1.165, 1.54) is 12.3 Å². The summed E-state index contributed by atoms with van der Waals surface area (Å²) in [6, 6.07) is 8.77. The molecule has 0 radical (unpaired) electrons. The van der Waals surface area contributed by atoms with Crippen LogP contribution < -0.4 is 10.6 Å². The molecule has 0 atom stereocenters. The maximum atomic E-state index is 13.9. The first-order chi connectivity index (χ1) is 16.2. The monoisotopic (exact) mass is 512 g/mol. The lowest BCUT2D eigenvalue weighted by Crippen LogP contribution is -2.19. The van der Waals surface area contributed by atoms with E-state index in [0.29, 0.717) is 17.3 Å². The number of halogens is 6. The molecule has 0 bridgehead atoms. The summed E-state index contributed by atoms with van der Waals surface area (Å²) in [5.41, 5.74) is 0.543. The van der Waals surface area contributed by atoms with Crippen molar-refractivity contribution < 1.29 is 22.0 Å². The van der Waals surface area contributed by atoms with Gasteiger partial charge in [0.25, 0.3) is 0 Å². The zero-order valence-electron chi connectivity index (χ0n) is 17.0. The molecular weight excluding hydrogens is 499 g/mol. The van der Waals surface area contributed by atoms with Crippen molar-refractivity contribution >= 4 is 40.4 Å². The van der Waals surface area contributed by atoms with Gasteiger partial charge in [-0.2, -0.15) is 10.2 Å². The van der Waals surface area contributed by atoms with Crippen molar-refractivity contribution in [2.75, 3.05) is 10.6 Å². The van der Waals surface area contributed by atoms with Gasteiger partial charge in [0.2, 0.25) is 5.82 Å². The van der Waals surface area contributed by atoms with E-state index in [-0.39, 0.29) is 10.9 Å². The second-order valence-electron chi connectivity index (χ2n) is 7.08. The number of nitrogens with one attached hydrogen (secondary N) is 2. The van der Waals surface area contributed by atoms with Crippen LogP contribution in [0.3, 0.4) is 0 Å². The Kier molecular flexibility index (Phi) is 6.80. The number of anilines is 2. The first-order valence-electron chi connectivity index (χ1n) is 9.60. The largest absolute Gasteiger partial charge is 0.330 e. The lowest BCUT2D eigenvalue weighted by Gasteiger charge is -2.09. The van der Waals surface area contributed by atoms with Crippen molar-refractivity contribution in [3.63, 3.8) is 0 Å². The van der Waals surface area contributed by atoms with Crippen LogP contribution in [0.5, 0.6) is 0 Å². The van der Waals surface area contributed by atoms with Gasteiger partial charge in [-0.15, -0.1) is 0 Å². The van der Waals surface area contributed by atoms with Crippen LogP contribution in [0, 0.1) is 29.1 Å². The lowest BCUT2D eigenvalue weighted by molar-refractivity contribution is 0.367. The van der Waals surface area contributed by atoms with Crippen molar-refractivity contribution in [1.29, 1.82) is 0 Å². The molecule has 2 aromatic heterocycles. The van der Waals surface area contributed by atoms with Gasteiger partial charge in [0.1, 0.15) is 0 Å². The fraction of sp³-hybridized carbons (Fsp3) is 0.0952. The van der Waals surface area contributed by atoms with Crippen LogP contribution in [0.25, 0.3) is 0 Å². The van der Waals surface area contributed by atoms with E-state index < -0.39 is 41.2 Å². The molecular formula is C21H14ClF5N6S. The summed E-state index contributed by atoms with van der Waals surface area (Å²) in [4.78, 5) is 0. The zero-order chi connectivity index (χ0) is 24.4. The number of aromatic nitrogens is 4. The zero-order valence-corrected chi connectivity index (χ0v) is 18.6. The van der Waals surface area contributed by atoms with Gasteiger partial charge in [-0.25, -0.2) is 22.0 Å². The van der Waals surface area contributed by atoms with Crippen LogP contribution in [0.4, 0.5) is 33.5 Å². The van der Waals surface area contributed by atoms with Gasteiger partial charge in [-0.3, -0.25) is 9.36 Å². The Morgan fingerprint density at radius 1 is 0.912 bits per heavy atom. The molecule has 13 heteroatoms. The average Bonchev–Trinajstić information content (AvgIpc) is 3.43. The quantitative estimate of drug-likeness (QED) is 0.158. The van der Waals surface area contributed by atoms with Crippen molar-refractivity contribution in [3.8, 4) is 0 Å². The molecule has 0 amide bonds. The Labute approximate surface area is 200 Å².